The summed E-state index contributed by atoms with van der Waals surface area (Å²) >= 11 is 0. The number of alkyl halides is 1. The zero-order valence-corrected chi connectivity index (χ0v) is 10.0. The molecule has 0 spiro atoms. The minimum atomic E-state index is -1.75. The van der Waals surface area contributed by atoms with Crippen molar-refractivity contribution >= 4 is 0 Å². The van der Waals surface area contributed by atoms with Gasteiger partial charge in [0.1, 0.15) is 0 Å². The average molecular weight is 226 g/mol. The van der Waals surface area contributed by atoms with Crippen molar-refractivity contribution in [3.05, 3.63) is 35.9 Å². The highest BCUT2D eigenvalue weighted by atomic mass is 19.1. The lowest BCUT2D eigenvalue weighted by molar-refractivity contribution is -0.110. The third-order valence-corrected chi connectivity index (χ3v) is 2.76. The minimum absolute atomic E-state index is 0.120. The molecule has 0 aliphatic rings. The molecule has 90 valence electrons. The number of rotatable bonds is 5. The Morgan fingerprint density at radius 1 is 1.19 bits per heavy atom. The maximum atomic E-state index is 13.9. The molecule has 0 saturated carbocycles. The number of ether oxygens (including phenoxy) is 1. The Morgan fingerprint density at radius 2 is 1.75 bits per heavy atom. The third-order valence-electron chi connectivity index (χ3n) is 2.76. The van der Waals surface area contributed by atoms with Gasteiger partial charge in [-0.25, -0.2) is 4.39 Å². The number of halogens is 1. The molecule has 1 atom stereocenters. The molecule has 2 nitrogen and oxygen atoms in total. The molecule has 1 rings (SSSR count). The normalized spacial score (nSPS) is 15.8. The van der Waals surface area contributed by atoms with Crippen LogP contribution in [0.3, 0.4) is 0 Å². The molecule has 0 bridgehead atoms. The summed E-state index contributed by atoms with van der Waals surface area (Å²) in [6.07, 6.45) is 0. The van der Waals surface area contributed by atoms with Crippen LogP contribution in [-0.2, 0) is 11.3 Å². The van der Waals surface area contributed by atoms with Gasteiger partial charge in [-0.05, 0) is 26.3 Å². The highest BCUT2D eigenvalue weighted by Crippen LogP contribution is 2.26. The van der Waals surface area contributed by atoms with Crippen molar-refractivity contribution < 1.29 is 14.2 Å². The number of hydrogen-bond acceptors (Lipinski definition) is 2. The first kappa shape index (κ1) is 13.1. The maximum Gasteiger partial charge on any atom is 0.159 e. The van der Waals surface area contributed by atoms with E-state index in [0.29, 0.717) is 6.61 Å². The first-order valence-electron chi connectivity index (χ1n) is 5.36. The standard InChI is InChI=1S/C13H19FO2/c1-12(2,15)13(3,14)10-16-9-11-7-5-4-6-8-11/h4-8,15H,9-10H2,1-3H3. The van der Waals surface area contributed by atoms with E-state index in [0.717, 1.165) is 5.56 Å². The van der Waals surface area contributed by atoms with Crippen molar-refractivity contribution in [2.24, 2.45) is 0 Å². The van der Waals surface area contributed by atoms with Gasteiger partial charge in [0.15, 0.2) is 5.67 Å². The van der Waals surface area contributed by atoms with E-state index < -0.39 is 11.3 Å². The fourth-order valence-electron chi connectivity index (χ4n) is 1.11. The summed E-state index contributed by atoms with van der Waals surface area (Å²) in [5, 5.41) is 9.59. The molecule has 0 saturated heterocycles. The van der Waals surface area contributed by atoms with Gasteiger partial charge in [0.2, 0.25) is 0 Å². The molecule has 16 heavy (non-hydrogen) atoms. The van der Waals surface area contributed by atoms with Crippen molar-refractivity contribution in [3.63, 3.8) is 0 Å². The molecule has 0 aliphatic carbocycles. The fraction of sp³-hybridized carbons (Fsp3) is 0.538. The minimum Gasteiger partial charge on any atom is -0.387 e. The molecule has 0 amide bonds. The predicted molar refractivity (Wildman–Crippen MR) is 61.9 cm³/mol. The van der Waals surface area contributed by atoms with Crippen LogP contribution in [-0.4, -0.2) is 23.0 Å². The second-order valence-electron chi connectivity index (χ2n) is 4.73. The zero-order valence-electron chi connectivity index (χ0n) is 10.0. The Kier molecular flexibility index (Phi) is 4.05. The molecule has 1 N–H and O–H groups in total. The van der Waals surface area contributed by atoms with Gasteiger partial charge in [-0.2, -0.15) is 0 Å². The second kappa shape index (κ2) is 4.93. The largest absolute Gasteiger partial charge is 0.387 e. The van der Waals surface area contributed by atoms with Crippen LogP contribution in [0.5, 0.6) is 0 Å². The van der Waals surface area contributed by atoms with Crippen LogP contribution in [0.25, 0.3) is 0 Å². The van der Waals surface area contributed by atoms with Gasteiger partial charge in [-0.1, -0.05) is 30.3 Å². The average Bonchev–Trinajstić information content (AvgIpc) is 2.17. The molecule has 3 heteroatoms. The van der Waals surface area contributed by atoms with E-state index in [2.05, 4.69) is 0 Å². The molecular weight excluding hydrogens is 207 g/mol. The van der Waals surface area contributed by atoms with E-state index in [1.54, 1.807) is 0 Å². The van der Waals surface area contributed by atoms with Crippen LogP contribution >= 0.6 is 0 Å². The van der Waals surface area contributed by atoms with Gasteiger partial charge in [0.25, 0.3) is 0 Å². The van der Waals surface area contributed by atoms with Crippen LogP contribution in [0.2, 0.25) is 0 Å². The molecule has 1 aromatic carbocycles. The lowest BCUT2D eigenvalue weighted by Crippen LogP contribution is -2.47. The van der Waals surface area contributed by atoms with E-state index in [1.165, 1.54) is 20.8 Å². The summed E-state index contributed by atoms with van der Waals surface area (Å²) in [6, 6.07) is 9.56. The van der Waals surface area contributed by atoms with E-state index in [9.17, 15) is 9.50 Å². The van der Waals surface area contributed by atoms with Gasteiger partial charge in [-0.15, -0.1) is 0 Å². The topological polar surface area (TPSA) is 29.5 Å². The van der Waals surface area contributed by atoms with Gasteiger partial charge in [0.05, 0.1) is 18.8 Å². The Balaban J connectivity index is 2.42. The fourth-order valence-corrected chi connectivity index (χ4v) is 1.11. The summed E-state index contributed by atoms with van der Waals surface area (Å²) in [7, 11) is 0. The van der Waals surface area contributed by atoms with Crippen LogP contribution in [0.4, 0.5) is 4.39 Å². The maximum absolute atomic E-state index is 13.9. The Bertz CT molecular complexity index is 314. The van der Waals surface area contributed by atoms with E-state index >= 15 is 0 Å². The van der Waals surface area contributed by atoms with E-state index in [-0.39, 0.29) is 6.61 Å². The van der Waals surface area contributed by atoms with Crippen molar-refractivity contribution in [1.29, 1.82) is 0 Å². The highest BCUT2D eigenvalue weighted by Gasteiger charge is 2.40. The molecule has 1 aromatic rings. The predicted octanol–water partition coefficient (Wildman–Crippen LogP) is 2.70. The smallest absolute Gasteiger partial charge is 0.159 e. The molecule has 1 unspecified atom stereocenters. The highest BCUT2D eigenvalue weighted by molar-refractivity contribution is 5.13. The van der Waals surface area contributed by atoms with Crippen LogP contribution in [0.1, 0.15) is 26.3 Å². The van der Waals surface area contributed by atoms with E-state index in [1.807, 2.05) is 30.3 Å². The Morgan fingerprint density at radius 3 is 2.25 bits per heavy atom. The van der Waals surface area contributed by atoms with Gasteiger partial charge >= 0.3 is 0 Å². The summed E-state index contributed by atoms with van der Waals surface area (Å²) < 4.78 is 19.2. The lowest BCUT2D eigenvalue weighted by atomic mass is 9.90. The molecular formula is C13H19FO2. The quantitative estimate of drug-likeness (QED) is 0.836. The first-order valence-corrected chi connectivity index (χ1v) is 5.36. The summed E-state index contributed by atoms with van der Waals surface area (Å²) in [5.41, 5.74) is -2.15. The second-order valence-corrected chi connectivity index (χ2v) is 4.73. The Hall–Kier alpha value is -0.930. The van der Waals surface area contributed by atoms with Crippen molar-refractivity contribution in [2.45, 2.75) is 38.6 Å². The summed E-state index contributed by atoms with van der Waals surface area (Å²) in [4.78, 5) is 0. The van der Waals surface area contributed by atoms with Gasteiger partial charge in [0, 0.05) is 0 Å². The van der Waals surface area contributed by atoms with Crippen molar-refractivity contribution in [2.75, 3.05) is 6.61 Å². The molecule has 0 radical (unpaired) electrons. The van der Waals surface area contributed by atoms with Crippen LogP contribution in [0.15, 0.2) is 30.3 Å². The van der Waals surface area contributed by atoms with Crippen LogP contribution in [0, 0.1) is 0 Å². The van der Waals surface area contributed by atoms with Crippen molar-refractivity contribution in [1.82, 2.24) is 0 Å². The Labute approximate surface area is 96.1 Å². The SMILES string of the molecule is CC(C)(O)C(C)(F)COCc1ccccc1. The zero-order chi connectivity index (χ0) is 12.2. The monoisotopic (exact) mass is 226 g/mol. The lowest BCUT2D eigenvalue weighted by Gasteiger charge is -2.32. The van der Waals surface area contributed by atoms with Gasteiger partial charge < -0.3 is 9.84 Å². The molecule has 0 aromatic heterocycles. The number of benzene rings is 1. The van der Waals surface area contributed by atoms with Crippen LogP contribution < -0.4 is 0 Å². The van der Waals surface area contributed by atoms with Gasteiger partial charge in [-0.3, -0.25) is 0 Å². The number of hydrogen-bond donors (Lipinski definition) is 1. The van der Waals surface area contributed by atoms with E-state index in [4.69, 9.17) is 4.74 Å². The summed E-state index contributed by atoms with van der Waals surface area (Å²) in [5.74, 6) is 0. The van der Waals surface area contributed by atoms with Crippen molar-refractivity contribution in [3.8, 4) is 0 Å². The third kappa shape index (κ3) is 3.58. The summed E-state index contributed by atoms with van der Waals surface area (Å²) in [6.45, 7) is 4.47. The first-order chi connectivity index (χ1) is 7.33. The molecule has 0 fully saturated rings. The molecule has 0 heterocycles. The molecule has 0 aliphatic heterocycles. The number of aliphatic hydroxyl groups is 1.